The Morgan fingerprint density at radius 2 is 1.71 bits per heavy atom. The van der Waals surface area contributed by atoms with Crippen LogP contribution >= 0.6 is 0 Å². The van der Waals surface area contributed by atoms with Crippen LogP contribution in [0.3, 0.4) is 0 Å². The van der Waals surface area contributed by atoms with Gasteiger partial charge in [0.25, 0.3) is 0 Å². The Hall–Kier alpha value is -4.86. The zero-order chi connectivity index (χ0) is 24.8. The van der Waals surface area contributed by atoms with Crippen molar-refractivity contribution in [3.63, 3.8) is 0 Å². The smallest absolute Gasteiger partial charge is 0.345 e. The molecule has 2 N–H and O–H groups in total. The summed E-state index contributed by atoms with van der Waals surface area (Å²) in [6.07, 6.45) is 1.95. The number of nitrogens with one attached hydrogen (secondary N) is 2. The number of halogens is 1. The quantitative estimate of drug-likeness (QED) is 0.278. The standard InChI is InChI=1S/C25H21FN4O5/c1-33-23-13-20-21(14-24(23)34-2)27-11-10-22(20)35-19-8-6-17(7-9-19)29-25(32)30(28-15-31)18-5-3-4-16(26)12-18/h3-15H,1-2H3,(H,28,31)(H,29,32). The molecule has 1 heterocycles. The third kappa shape index (κ3) is 5.22. The summed E-state index contributed by atoms with van der Waals surface area (Å²) in [4.78, 5) is 28.0. The average molecular weight is 476 g/mol. The molecule has 10 heteroatoms. The molecule has 0 fully saturated rings. The van der Waals surface area contributed by atoms with Gasteiger partial charge in [-0.05, 0) is 54.6 Å². The van der Waals surface area contributed by atoms with Crippen LogP contribution in [-0.2, 0) is 4.79 Å². The van der Waals surface area contributed by atoms with Crippen molar-refractivity contribution in [1.82, 2.24) is 10.4 Å². The van der Waals surface area contributed by atoms with Crippen LogP contribution < -0.4 is 30.0 Å². The van der Waals surface area contributed by atoms with Crippen LogP contribution in [-0.4, -0.2) is 31.6 Å². The van der Waals surface area contributed by atoms with Crippen molar-refractivity contribution < 1.29 is 28.2 Å². The first kappa shape index (κ1) is 23.3. The van der Waals surface area contributed by atoms with E-state index in [1.54, 1.807) is 62.9 Å². The lowest BCUT2D eigenvalue weighted by Crippen LogP contribution is -2.45. The zero-order valence-corrected chi connectivity index (χ0v) is 18.8. The Labute approximate surface area is 200 Å². The molecule has 1 aromatic heterocycles. The fourth-order valence-corrected chi connectivity index (χ4v) is 3.37. The number of aromatic nitrogens is 1. The van der Waals surface area contributed by atoms with E-state index in [0.717, 1.165) is 16.5 Å². The van der Waals surface area contributed by atoms with Crippen molar-refractivity contribution in [2.75, 3.05) is 24.5 Å². The van der Waals surface area contributed by atoms with Gasteiger partial charge in [0, 0.05) is 23.3 Å². The van der Waals surface area contributed by atoms with E-state index in [9.17, 15) is 14.0 Å². The van der Waals surface area contributed by atoms with Crippen molar-refractivity contribution >= 4 is 34.7 Å². The molecule has 3 aromatic carbocycles. The number of ether oxygens (including phenoxy) is 3. The summed E-state index contributed by atoms with van der Waals surface area (Å²) < 4.78 is 30.3. The van der Waals surface area contributed by atoms with Crippen molar-refractivity contribution in [2.45, 2.75) is 0 Å². The van der Waals surface area contributed by atoms with Gasteiger partial charge in [-0.1, -0.05) is 6.07 Å². The molecule has 0 radical (unpaired) electrons. The van der Waals surface area contributed by atoms with Crippen molar-refractivity contribution in [2.24, 2.45) is 0 Å². The maximum atomic E-state index is 13.6. The summed E-state index contributed by atoms with van der Waals surface area (Å²) >= 11 is 0. The van der Waals surface area contributed by atoms with Gasteiger partial charge in [-0.3, -0.25) is 15.2 Å². The Kier molecular flexibility index (Phi) is 6.91. The second-order valence-electron chi connectivity index (χ2n) is 7.15. The fourth-order valence-electron chi connectivity index (χ4n) is 3.37. The lowest BCUT2D eigenvalue weighted by atomic mass is 10.2. The van der Waals surface area contributed by atoms with Gasteiger partial charge in [0.2, 0.25) is 6.41 Å². The predicted octanol–water partition coefficient (Wildman–Crippen LogP) is 4.88. The number of carbonyl (C=O) groups is 2. The van der Waals surface area contributed by atoms with Gasteiger partial charge in [0.1, 0.15) is 17.3 Å². The van der Waals surface area contributed by atoms with E-state index in [-0.39, 0.29) is 5.69 Å². The van der Waals surface area contributed by atoms with E-state index in [0.29, 0.717) is 40.6 Å². The van der Waals surface area contributed by atoms with Gasteiger partial charge < -0.3 is 19.5 Å². The number of hydrogen-bond donors (Lipinski definition) is 2. The number of carbonyl (C=O) groups excluding carboxylic acids is 2. The summed E-state index contributed by atoms with van der Waals surface area (Å²) in [5.74, 6) is 1.62. The number of anilines is 2. The zero-order valence-electron chi connectivity index (χ0n) is 18.8. The molecular formula is C25H21FN4O5. The van der Waals surface area contributed by atoms with Gasteiger partial charge in [0.05, 0.1) is 25.4 Å². The molecule has 0 bridgehead atoms. The summed E-state index contributed by atoms with van der Waals surface area (Å²) in [6.45, 7) is 0. The minimum atomic E-state index is -0.683. The Morgan fingerprint density at radius 3 is 2.40 bits per heavy atom. The van der Waals surface area contributed by atoms with Crippen LogP contribution in [0.4, 0.5) is 20.6 Å². The van der Waals surface area contributed by atoms with Crippen molar-refractivity contribution in [3.05, 3.63) is 78.7 Å². The topological polar surface area (TPSA) is 102 Å². The number of hydrogen-bond acceptors (Lipinski definition) is 6. The molecule has 0 aliphatic carbocycles. The molecule has 0 unspecified atom stereocenters. The molecule has 0 spiro atoms. The summed E-state index contributed by atoms with van der Waals surface area (Å²) in [5.41, 5.74) is 3.51. The van der Waals surface area contributed by atoms with E-state index in [1.165, 1.54) is 18.2 Å². The Bertz CT molecular complexity index is 1360. The molecule has 9 nitrogen and oxygen atoms in total. The highest BCUT2D eigenvalue weighted by atomic mass is 19.1. The predicted molar refractivity (Wildman–Crippen MR) is 128 cm³/mol. The van der Waals surface area contributed by atoms with E-state index >= 15 is 0 Å². The number of methoxy groups -OCH3 is 2. The Morgan fingerprint density at radius 1 is 0.971 bits per heavy atom. The number of rotatable bonds is 8. The monoisotopic (exact) mass is 476 g/mol. The number of nitrogens with zero attached hydrogens (tertiary/aromatic N) is 2. The first-order chi connectivity index (χ1) is 17.0. The second kappa shape index (κ2) is 10.4. The molecule has 0 saturated heterocycles. The highest BCUT2D eigenvalue weighted by Crippen LogP contribution is 2.37. The third-order valence-corrected chi connectivity index (χ3v) is 4.99. The van der Waals surface area contributed by atoms with Gasteiger partial charge >= 0.3 is 6.03 Å². The maximum absolute atomic E-state index is 13.6. The van der Waals surface area contributed by atoms with Gasteiger partial charge in [-0.2, -0.15) is 0 Å². The average Bonchev–Trinajstić information content (AvgIpc) is 2.87. The molecule has 35 heavy (non-hydrogen) atoms. The van der Waals surface area contributed by atoms with Crippen molar-refractivity contribution in [3.8, 4) is 23.0 Å². The third-order valence-electron chi connectivity index (χ3n) is 4.99. The molecule has 4 aromatic rings. The molecule has 0 aliphatic heterocycles. The summed E-state index contributed by atoms with van der Waals surface area (Å²) in [7, 11) is 3.10. The van der Waals surface area contributed by atoms with Crippen LogP contribution in [0.5, 0.6) is 23.0 Å². The number of fused-ring (bicyclic) bond motifs is 1. The van der Waals surface area contributed by atoms with Crippen LogP contribution in [0.25, 0.3) is 10.9 Å². The first-order valence-corrected chi connectivity index (χ1v) is 10.4. The van der Waals surface area contributed by atoms with Crippen LogP contribution in [0.1, 0.15) is 0 Å². The Balaban J connectivity index is 1.52. The minimum absolute atomic E-state index is 0.158. The van der Waals surface area contributed by atoms with E-state index < -0.39 is 11.8 Å². The summed E-state index contributed by atoms with van der Waals surface area (Å²) in [5, 5.41) is 4.26. The van der Waals surface area contributed by atoms with Crippen LogP contribution in [0.2, 0.25) is 0 Å². The fraction of sp³-hybridized carbons (Fsp3) is 0.0800. The number of amides is 3. The van der Waals surface area contributed by atoms with Gasteiger partial charge in [0.15, 0.2) is 11.5 Å². The SMILES string of the molecule is COc1cc2nccc(Oc3ccc(NC(=O)N(NC=O)c4cccc(F)c4)cc3)c2cc1OC. The molecule has 0 saturated carbocycles. The number of benzene rings is 3. The van der Waals surface area contributed by atoms with Crippen molar-refractivity contribution in [1.29, 1.82) is 0 Å². The molecular weight excluding hydrogens is 455 g/mol. The highest BCUT2D eigenvalue weighted by molar-refractivity contribution is 6.02. The van der Waals surface area contributed by atoms with Gasteiger partial charge in [-0.25, -0.2) is 14.2 Å². The first-order valence-electron chi connectivity index (χ1n) is 10.4. The number of urea groups is 1. The molecule has 0 atom stereocenters. The summed E-state index contributed by atoms with van der Waals surface area (Å²) in [6, 6.07) is 16.5. The minimum Gasteiger partial charge on any atom is -0.493 e. The molecule has 178 valence electrons. The van der Waals surface area contributed by atoms with E-state index in [2.05, 4.69) is 15.7 Å². The van der Waals surface area contributed by atoms with E-state index in [4.69, 9.17) is 14.2 Å². The highest BCUT2D eigenvalue weighted by Gasteiger charge is 2.16. The molecule has 0 aliphatic rings. The number of pyridine rings is 1. The molecule has 4 rings (SSSR count). The lowest BCUT2D eigenvalue weighted by molar-refractivity contribution is -0.109. The second-order valence-corrected chi connectivity index (χ2v) is 7.15. The number of hydrazine groups is 1. The molecule has 3 amide bonds. The lowest BCUT2D eigenvalue weighted by Gasteiger charge is -2.21. The normalized spacial score (nSPS) is 10.4. The van der Waals surface area contributed by atoms with Gasteiger partial charge in [-0.15, -0.1) is 0 Å². The largest absolute Gasteiger partial charge is 0.493 e. The van der Waals surface area contributed by atoms with Crippen LogP contribution in [0.15, 0.2) is 72.9 Å². The maximum Gasteiger partial charge on any atom is 0.345 e. The van der Waals surface area contributed by atoms with E-state index in [1.807, 2.05) is 0 Å². The van der Waals surface area contributed by atoms with Crippen LogP contribution in [0, 0.1) is 5.82 Å².